The molecule has 6 heteroatoms. The van der Waals surface area contributed by atoms with Crippen molar-refractivity contribution in [3.63, 3.8) is 0 Å². The fourth-order valence-electron chi connectivity index (χ4n) is 1.98. The highest BCUT2D eigenvalue weighted by molar-refractivity contribution is 8.01. The Labute approximate surface area is 115 Å². The number of anilines is 1. The van der Waals surface area contributed by atoms with Gasteiger partial charge in [0.25, 0.3) is 0 Å². The van der Waals surface area contributed by atoms with Crippen molar-refractivity contribution in [2.75, 3.05) is 11.1 Å². The van der Waals surface area contributed by atoms with Gasteiger partial charge in [-0.3, -0.25) is 14.6 Å². The van der Waals surface area contributed by atoms with Crippen LogP contribution < -0.4 is 5.32 Å². The number of nitrogens with one attached hydrogen (secondary N) is 1. The zero-order valence-electron chi connectivity index (χ0n) is 10.7. The van der Waals surface area contributed by atoms with Gasteiger partial charge in [-0.1, -0.05) is 0 Å². The van der Waals surface area contributed by atoms with Gasteiger partial charge in [0.15, 0.2) is 0 Å². The van der Waals surface area contributed by atoms with Gasteiger partial charge in [-0.2, -0.15) is 0 Å². The van der Waals surface area contributed by atoms with Crippen molar-refractivity contribution < 1.29 is 14.7 Å². The summed E-state index contributed by atoms with van der Waals surface area (Å²) in [7, 11) is 0. The number of amides is 1. The van der Waals surface area contributed by atoms with E-state index in [0.717, 1.165) is 18.6 Å². The molecule has 1 amide bonds. The summed E-state index contributed by atoms with van der Waals surface area (Å²) in [6.45, 7) is 1.95. The molecule has 2 N–H and O–H groups in total. The summed E-state index contributed by atoms with van der Waals surface area (Å²) < 4.78 is -0.361. The van der Waals surface area contributed by atoms with E-state index >= 15 is 0 Å². The second-order valence-electron chi connectivity index (χ2n) is 4.75. The standard InChI is InChI=1S/C13H16N2O3S/c1-13(5-2-6-19-13)12(18)15-10-4-3-9(14-8-10)7-11(16)17/h3-4,8H,2,5-7H2,1H3,(H,15,18)(H,16,17). The first-order valence-electron chi connectivity index (χ1n) is 6.12. The lowest BCUT2D eigenvalue weighted by Gasteiger charge is -2.21. The number of carbonyl (C=O) groups excluding carboxylic acids is 1. The molecule has 0 aliphatic carbocycles. The van der Waals surface area contributed by atoms with Gasteiger partial charge in [-0.05, 0) is 37.7 Å². The van der Waals surface area contributed by atoms with E-state index in [4.69, 9.17) is 5.11 Å². The first kappa shape index (κ1) is 13.9. The third-order valence-corrected chi connectivity index (χ3v) is 4.63. The Kier molecular flexibility index (Phi) is 4.09. The number of aromatic nitrogens is 1. The van der Waals surface area contributed by atoms with Crippen LogP contribution in [0.25, 0.3) is 0 Å². The maximum absolute atomic E-state index is 12.1. The normalized spacial score (nSPS) is 22.2. The molecular weight excluding hydrogens is 264 g/mol. The van der Waals surface area contributed by atoms with Crippen LogP contribution in [0.5, 0.6) is 0 Å². The topological polar surface area (TPSA) is 79.3 Å². The number of pyridine rings is 1. The Morgan fingerprint density at radius 3 is 2.84 bits per heavy atom. The molecule has 102 valence electrons. The van der Waals surface area contributed by atoms with Gasteiger partial charge in [0, 0.05) is 0 Å². The average Bonchev–Trinajstić information content (AvgIpc) is 2.79. The Balaban J connectivity index is 1.99. The van der Waals surface area contributed by atoms with Crippen LogP contribution in [0.4, 0.5) is 5.69 Å². The molecule has 0 spiro atoms. The van der Waals surface area contributed by atoms with E-state index in [0.29, 0.717) is 11.4 Å². The molecule has 5 nitrogen and oxygen atoms in total. The summed E-state index contributed by atoms with van der Waals surface area (Å²) in [6.07, 6.45) is 3.33. The summed E-state index contributed by atoms with van der Waals surface area (Å²) in [5.74, 6) is 0.0848. The molecule has 2 heterocycles. The largest absolute Gasteiger partial charge is 0.481 e. The van der Waals surface area contributed by atoms with Gasteiger partial charge in [0.05, 0.1) is 28.7 Å². The monoisotopic (exact) mass is 280 g/mol. The number of hydrogen-bond donors (Lipinski definition) is 2. The SMILES string of the molecule is CC1(C(=O)Nc2ccc(CC(=O)O)nc2)CCCS1. The van der Waals surface area contributed by atoms with Gasteiger partial charge in [0.2, 0.25) is 5.91 Å². The van der Waals surface area contributed by atoms with Gasteiger partial charge >= 0.3 is 5.97 Å². The highest BCUT2D eigenvalue weighted by Gasteiger charge is 2.37. The first-order valence-corrected chi connectivity index (χ1v) is 7.10. The van der Waals surface area contributed by atoms with Crippen LogP contribution >= 0.6 is 11.8 Å². The van der Waals surface area contributed by atoms with Crippen LogP contribution in [-0.4, -0.2) is 32.5 Å². The minimum atomic E-state index is -0.917. The first-order chi connectivity index (χ1) is 8.99. The number of carboxylic acid groups (broad SMARTS) is 1. The van der Waals surface area contributed by atoms with Crippen LogP contribution in [0.3, 0.4) is 0 Å². The molecular formula is C13H16N2O3S. The van der Waals surface area contributed by atoms with Crippen molar-refractivity contribution in [2.24, 2.45) is 0 Å². The highest BCUT2D eigenvalue weighted by atomic mass is 32.2. The fraction of sp³-hybridized carbons (Fsp3) is 0.462. The summed E-state index contributed by atoms with van der Waals surface area (Å²) in [5, 5.41) is 11.5. The Morgan fingerprint density at radius 2 is 2.32 bits per heavy atom. The van der Waals surface area contributed by atoms with Crippen molar-refractivity contribution in [3.8, 4) is 0 Å². The van der Waals surface area contributed by atoms with Crippen molar-refractivity contribution in [1.29, 1.82) is 0 Å². The molecule has 2 rings (SSSR count). The zero-order valence-corrected chi connectivity index (χ0v) is 11.5. The zero-order chi connectivity index (χ0) is 13.9. The fourth-order valence-corrected chi connectivity index (χ4v) is 3.19. The summed E-state index contributed by atoms with van der Waals surface area (Å²) in [4.78, 5) is 26.7. The van der Waals surface area contributed by atoms with Crippen molar-refractivity contribution in [2.45, 2.75) is 30.9 Å². The van der Waals surface area contributed by atoms with Gasteiger partial charge in [-0.25, -0.2) is 0 Å². The number of thioether (sulfide) groups is 1. The quantitative estimate of drug-likeness (QED) is 0.881. The number of hydrogen-bond acceptors (Lipinski definition) is 4. The average molecular weight is 280 g/mol. The minimum Gasteiger partial charge on any atom is -0.481 e. The van der Waals surface area contributed by atoms with E-state index in [2.05, 4.69) is 10.3 Å². The third kappa shape index (κ3) is 3.47. The molecule has 1 aliphatic heterocycles. The molecule has 1 fully saturated rings. The van der Waals surface area contributed by atoms with E-state index in [1.807, 2.05) is 6.92 Å². The van der Waals surface area contributed by atoms with Crippen LogP contribution in [0.15, 0.2) is 18.3 Å². The molecule has 1 saturated heterocycles. The molecule has 1 unspecified atom stereocenters. The minimum absolute atomic E-state index is 0.0113. The second-order valence-corrected chi connectivity index (χ2v) is 6.34. The molecule has 1 aromatic rings. The summed E-state index contributed by atoms with van der Waals surface area (Å²) in [5.41, 5.74) is 1.08. The number of rotatable bonds is 4. The van der Waals surface area contributed by atoms with Crippen LogP contribution in [0, 0.1) is 0 Å². The third-order valence-electron chi connectivity index (χ3n) is 3.11. The lowest BCUT2D eigenvalue weighted by atomic mass is 10.0. The predicted molar refractivity (Wildman–Crippen MR) is 74.3 cm³/mol. The lowest BCUT2D eigenvalue weighted by Crippen LogP contribution is -2.34. The molecule has 1 aliphatic rings. The smallest absolute Gasteiger partial charge is 0.309 e. The van der Waals surface area contributed by atoms with E-state index in [-0.39, 0.29) is 17.1 Å². The highest BCUT2D eigenvalue weighted by Crippen LogP contribution is 2.38. The van der Waals surface area contributed by atoms with Crippen molar-refractivity contribution in [1.82, 2.24) is 4.98 Å². The maximum Gasteiger partial charge on any atom is 0.309 e. The lowest BCUT2D eigenvalue weighted by molar-refractivity contribution is -0.136. The second kappa shape index (κ2) is 5.61. The molecule has 0 aromatic carbocycles. The van der Waals surface area contributed by atoms with Crippen molar-refractivity contribution in [3.05, 3.63) is 24.0 Å². The Hall–Kier alpha value is -1.56. The van der Waals surface area contributed by atoms with E-state index in [9.17, 15) is 9.59 Å². The van der Waals surface area contributed by atoms with Gasteiger partial charge < -0.3 is 10.4 Å². The molecule has 1 aromatic heterocycles. The number of carboxylic acids is 1. The van der Waals surface area contributed by atoms with Crippen LogP contribution in [0.1, 0.15) is 25.5 Å². The van der Waals surface area contributed by atoms with Gasteiger partial charge in [-0.15, -0.1) is 11.8 Å². The van der Waals surface area contributed by atoms with Crippen LogP contribution in [0.2, 0.25) is 0 Å². The van der Waals surface area contributed by atoms with E-state index in [1.165, 1.54) is 6.20 Å². The number of nitrogens with zero attached hydrogens (tertiary/aromatic N) is 1. The number of aliphatic carboxylic acids is 1. The Morgan fingerprint density at radius 1 is 1.53 bits per heavy atom. The molecule has 1 atom stereocenters. The van der Waals surface area contributed by atoms with Crippen LogP contribution in [-0.2, 0) is 16.0 Å². The number of carbonyl (C=O) groups is 2. The van der Waals surface area contributed by atoms with E-state index in [1.54, 1.807) is 23.9 Å². The predicted octanol–water partition coefficient (Wildman–Crippen LogP) is 1.93. The summed E-state index contributed by atoms with van der Waals surface area (Å²) in [6, 6.07) is 3.31. The molecule has 19 heavy (non-hydrogen) atoms. The maximum atomic E-state index is 12.1. The molecule has 0 radical (unpaired) electrons. The van der Waals surface area contributed by atoms with Crippen molar-refractivity contribution >= 4 is 29.3 Å². The van der Waals surface area contributed by atoms with Gasteiger partial charge in [0.1, 0.15) is 0 Å². The molecule has 0 bridgehead atoms. The molecule has 0 saturated carbocycles. The Bertz CT molecular complexity index is 481. The summed E-state index contributed by atoms with van der Waals surface area (Å²) >= 11 is 1.67. The van der Waals surface area contributed by atoms with E-state index < -0.39 is 5.97 Å².